The number of ketones is 1. The van der Waals surface area contributed by atoms with Gasteiger partial charge >= 0.3 is 5.97 Å². The normalized spacial score (nSPS) is 11.1. The lowest BCUT2D eigenvalue weighted by Crippen LogP contribution is -2.08. The topological polar surface area (TPSA) is 70.2 Å². The number of nitrogens with one attached hydrogen (secondary N) is 1. The average molecular weight is 446 g/mol. The van der Waals surface area contributed by atoms with E-state index in [0.29, 0.717) is 16.1 Å². The maximum atomic E-state index is 12.6. The van der Waals surface area contributed by atoms with Crippen molar-refractivity contribution in [3.8, 4) is 10.4 Å². The number of aromatic carboxylic acids is 1. The lowest BCUT2D eigenvalue weighted by atomic mass is 10.0. The number of aromatic amines is 1. The van der Waals surface area contributed by atoms with E-state index in [9.17, 15) is 14.7 Å². The molecule has 0 amide bonds. The number of Topliss-reactive ketones (excluding diaryl/α,β-unsaturated/α-hetero) is 1. The van der Waals surface area contributed by atoms with Crippen molar-refractivity contribution in [3.63, 3.8) is 0 Å². The van der Waals surface area contributed by atoms with E-state index in [1.54, 1.807) is 16.7 Å². The van der Waals surface area contributed by atoms with Crippen LogP contribution < -0.4 is 0 Å². The van der Waals surface area contributed by atoms with Crippen molar-refractivity contribution >= 4 is 60.6 Å². The minimum Gasteiger partial charge on any atom is -0.478 e. The second-order valence-electron chi connectivity index (χ2n) is 5.76. The number of thiophene rings is 2. The number of carboxylic acids is 1. The van der Waals surface area contributed by atoms with Crippen molar-refractivity contribution in [2.24, 2.45) is 0 Å². The summed E-state index contributed by atoms with van der Waals surface area (Å²) < 4.78 is 1.95. The third-order valence-corrected chi connectivity index (χ3v) is 6.55. The van der Waals surface area contributed by atoms with E-state index in [1.165, 1.54) is 11.3 Å². The van der Waals surface area contributed by atoms with E-state index in [-0.39, 0.29) is 17.8 Å². The number of hydrogen-bond donors (Lipinski definition) is 2. The summed E-state index contributed by atoms with van der Waals surface area (Å²) in [7, 11) is 0. The molecule has 3 aromatic heterocycles. The summed E-state index contributed by atoms with van der Waals surface area (Å²) in [5.74, 6) is -1.13. The van der Waals surface area contributed by atoms with Crippen molar-refractivity contribution in [2.75, 3.05) is 0 Å². The quantitative estimate of drug-likeness (QED) is 0.378. The molecule has 0 atom stereocenters. The van der Waals surface area contributed by atoms with Crippen LogP contribution in [0.25, 0.3) is 20.7 Å². The van der Waals surface area contributed by atoms with Crippen LogP contribution in [-0.2, 0) is 6.42 Å². The van der Waals surface area contributed by atoms with Gasteiger partial charge in [-0.25, -0.2) is 4.79 Å². The molecule has 26 heavy (non-hydrogen) atoms. The molecule has 4 nitrogen and oxygen atoms in total. The molecule has 2 N–H and O–H groups in total. The second-order valence-corrected chi connectivity index (χ2v) is 8.50. The Balaban J connectivity index is 1.68. The molecule has 130 valence electrons. The summed E-state index contributed by atoms with van der Waals surface area (Å²) in [5, 5.41) is 13.4. The summed E-state index contributed by atoms with van der Waals surface area (Å²) in [6, 6.07) is 11.2. The van der Waals surface area contributed by atoms with Gasteiger partial charge in [0.25, 0.3) is 0 Å². The molecule has 0 saturated carbocycles. The number of hydrogen-bond acceptors (Lipinski definition) is 4. The first-order valence-electron chi connectivity index (χ1n) is 7.72. The highest BCUT2D eigenvalue weighted by Crippen LogP contribution is 2.34. The molecular formula is C19H12BrNO3S2. The highest BCUT2D eigenvalue weighted by atomic mass is 79.9. The van der Waals surface area contributed by atoms with Gasteiger partial charge in [-0.1, -0.05) is 28.1 Å². The number of H-pyrrole nitrogens is 1. The number of rotatable bonds is 5. The van der Waals surface area contributed by atoms with Gasteiger partial charge in [0.05, 0.1) is 21.5 Å². The smallest absolute Gasteiger partial charge is 0.337 e. The number of carboxylic acid groups (broad SMARTS) is 1. The van der Waals surface area contributed by atoms with E-state index in [1.807, 2.05) is 41.8 Å². The van der Waals surface area contributed by atoms with Crippen LogP contribution in [0.1, 0.15) is 26.4 Å². The number of carbonyl (C=O) groups excluding carboxylic acids is 1. The molecule has 1 aromatic carbocycles. The Kier molecular flexibility index (Phi) is 4.52. The summed E-state index contributed by atoms with van der Waals surface area (Å²) in [6.07, 6.45) is 0.0580. The van der Waals surface area contributed by atoms with Gasteiger partial charge in [-0.15, -0.1) is 22.7 Å². The SMILES string of the molecule is O=C(Cc1csc(-c2ccc(Br)cc2)c1C(=O)O)c1cc2sccc2[nH]1. The second kappa shape index (κ2) is 6.83. The fourth-order valence-corrected chi connectivity index (χ4v) is 4.96. The van der Waals surface area contributed by atoms with Crippen LogP contribution in [0, 0.1) is 0 Å². The average Bonchev–Trinajstić information content (AvgIpc) is 3.29. The highest BCUT2D eigenvalue weighted by Gasteiger charge is 2.22. The van der Waals surface area contributed by atoms with E-state index in [0.717, 1.165) is 20.3 Å². The fraction of sp³-hybridized carbons (Fsp3) is 0.0526. The largest absolute Gasteiger partial charge is 0.478 e. The van der Waals surface area contributed by atoms with Crippen LogP contribution >= 0.6 is 38.6 Å². The Morgan fingerprint density at radius 3 is 2.58 bits per heavy atom. The summed E-state index contributed by atoms with van der Waals surface area (Å²) >= 11 is 6.29. The number of aromatic nitrogens is 1. The van der Waals surface area contributed by atoms with E-state index in [4.69, 9.17) is 0 Å². The number of halogens is 1. The molecule has 0 fully saturated rings. The Morgan fingerprint density at radius 1 is 1.12 bits per heavy atom. The van der Waals surface area contributed by atoms with Crippen LogP contribution in [0.4, 0.5) is 0 Å². The van der Waals surface area contributed by atoms with Crippen molar-refractivity contribution in [1.82, 2.24) is 4.98 Å². The first-order chi connectivity index (χ1) is 12.5. The van der Waals surface area contributed by atoms with Gasteiger partial charge in [-0.05, 0) is 46.2 Å². The van der Waals surface area contributed by atoms with E-state index >= 15 is 0 Å². The molecule has 0 aliphatic rings. The Labute approximate surface area is 165 Å². The first kappa shape index (κ1) is 17.2. The highest BCUT2D eigenvalue weighted by molar-refractivity contribution is 9.10. The molecule has 0 saturated heterocycles. The van der Waals surface area contributed by atoms with Crippen molar-refractivity contribution in [3.05, 3.63) is 68.5 Å². The maximum absolute atomic E-state index is 12.6. The third kappa shape index (κ3) is 3.13. The predicted molar refractivity (Wildman–Crippen MR) is 109 cm³/mol. The van der Waals surface area contributed by atoms with Crippen molar-refractivity contribution in [2.45, 2.75) is 6.42 Å². The monoisotopic (exact) mass is 445 g/mol. The van der Waals surface area contributed by atoms with Crippen LogP contribution in [0.15, 0.2) is 51.6 Å². The molecule has 0 radical (unpaired) electrons. The Morgan fingerprint density at radius 2 is 1.88 bits per heavy atom. The summed E-state index contributed by atoms with van der Waals surface area (Å²) in [4.78, 5) is 28.2. The molecule has 0 unspecified atom stereocenters. The lowest BCUT2D eigenvalue weighted by Gasteiger charge is -2.04. The van der Waals surface area contributed by atoms with Crippen LogP contribution in [0.2, 0.25) is 0 Å². The molecule has 7 heteroatoms. The van der Waals surface area contributed by atoms with Gasteiger partial charge in [0.2, 0.25) is 0 Å². The Bertz CT molecular complexity index is 1090. The van der Waals surface area contributed by atoms with Crippen LogP contribution in [0.3, 0.4) is 0 Å². The summed E-state index contributed by atoms with van der Waals surface area (Å²) in [6.45, 7) is 0. The molecule has 0 aliphatic heterocycles. The predicted octanol–water partition coefficient (Wildman–Crippen LogP) is 5.84. The molecule has 0 bridgehead atoms. The number of carbonyl (C=O) groups is 2. The van der Waals surface area contributed by atoms with Crippen LogP contribution in [-0.4, -0.2) is 21.8 Å². The van der Waals surface area contributed by atoms with Crippen molar-refractivity contribution < 1.29 is 14.7 Å². The van der Waals surface area contributed by atoms with E-state index in [2.05, 4.69) is 20.9 Å². The Hall–Kier alpha value is -2.22. The van der Waals surface area contributed by atoms with Gasteiger partial charge < -0.3 is 10.1 Å². The van der Waals surface area contributed by atoms with Gasteiger partial charge in [-0.2, -0.15) is 0 Å². The minimum absolute atomic E-state index is 0.0580. The minimum atomic E-state index is -1.01. The standard InChI is InChI=1S/C19H12BrNO3S2/c20-12-3-1-10(2-4-12)18-17(19(23)24)11(9-26-18)7-15(22)14-8-16-13(21-14)5-6-25-16/h1-6,8-9,21H,7H2,(H,23,24). The zero-order valence-electron chi connectivity index (χ0n) is 13.3. The molecule has 4 aromatic rings. The maximum Gasteiger partial charge on any atom is 0.337 e. The molecule has 3 heterocycles. The third-order valence-electron chi connectivity index (χ3n) is 4.08. The van der Waals surface area contributed by atoms with Gasteiger partial charge in [-0.3, -0.25) is 4.79 Å². The zero-order valence-corrected chi connectivity index (χ0v) is 16.5. The molecule has 0 spiro atoms. The zero-order chi connectivity index (χ0) is 18.3. The molecular weight excluding hydrogens is 434 g/mol. The van der Waals surface area contributed by atoms with Crippen molar-refractivity contribution in [1.29, 1.82) is 0 Å². The fourth-order valence-electron chi connectivity index (χ4n) is 2.84. The van der Waals surface area contributed by atoms with E-state index < -0.39 is 5.97 Å². The van der Waals surface area contributed by atoms with Crippen LogP contribution in [0.5, 0.6) is 0 Å². The summed E-state index contributed by atoms with van der Waals surface area (Å²) in [5.41, 5.74) is 3.02. The molecule has 0 aliphatic carbocycles. The lowest BCUT2D eigenvalue weighted by molar-refractivity contribution is 0.0697. The van der Waals surface area contributed by atoms with Gasteiger partial charge in [0, 0.05) is 15.8 Å². The van der Waals surface area contributed by atoms with Gasteiger partial charge in [0.1, 0.15) is 0 Å². The molecule has 4 rings (SSSR count). The first-order valence-corrected chi connectivity index (χ1v) is 10.3. The number of benzene rings is 1. The number of fused-ring (bicyclic) bond motifs is 1. The van der Waals surface area contributed by atoms with Gasteiger partial charge in [0.15, 0.2) is 5.78 Å².